The molecule has 3 aromatic rings. The molecule has 0 spiro atoms. The molecule has 0 aliphatic carbocycles. The molecule has 1 aliphatic heterocycles. The third-order valence-electron chi connectivity index (χ3n) is 3.83. The van der Waals surface area contributed by atoms with Gasteiger partial charge in [0, 0.05) is 31.4 Å². The highest BCUT2D eigenvalue weighted by Gasteiger charge is 2.23. The van der Waals surface area contributed by atoms with Crippen LogP contribution in [0.15, 0.2) is 46.9 Å². The highest BCUT2D eigenvalue weighted by molar-refractivity contribution is 5.77. The van der Waals surface area contributed by atoms with Crippen LogP contribution in [-0.2, 0) is 4.74 Å². The topological polar surface area (TPSA) is 51.0 Å². The van der Waals surface area contributed by atoms with Gasteiger partial charge in [0.15, 0.2) is 5.58 Å². The Morgan fingerprint density at radius 2 is 1.96 bits per heavy atom. The van der Waals surface area contributed by atoms with Crippen LogP contribution in [0.4, 0.5) is 5.69 Å². The minimum atomic E-state index is 0.242. The zero-order valence-corrected chi connectivity index (χ0v) is 13.2. The lowest BCUT2D eigenvalue weighted by molar-refractivity contribution is 0.263. The molecule has 1 saturated heterocycles. The maximum absolute atomic E-state index is 5.88. The van der Waals surface area contributed by atoms with Gasteiger partial charge in [-0.3, -0.25) is 0 Å². The average molecular weight is 310 g/mol. The normalized spacial score (nSPS) is 16.5. The first-order chi connectivity index (χ1) is 11.2. The maximum Gasteiger partial charge on any atom is 0.227 e. The molecule has 23 heavy (non-hydrogen) atoms. The molecule has 118 valence electrons. The second-order valence-electron chi connectivity index (χ2n) is 5.86. The number of benzene rings is 2. The van der Waals surface area contributed by atoms with Crippen molar-refractivity contribution in [2.75, 3.05) is 32.2 Å². The van der Waals surface area contributed by atoms with Gasteiger partial charge in [0.1, 0.15) is 24.0 Å². The summed E-state index contributed by atoms with van der Waals surface area (Å²) in [6.07, 6.45) is 0.242. The fraction of sp³-hybridized carbons (Fsp3) is 0.278. The van der Waals surface area contributed by atoms with E-state index in [1.54, 1.807) is 0 Å². The highest BCUT2D eigenvalue weighted by atomic mass is 16.6. The Labute approximate surface area is 134 Å². The lowest BCUT2D eigenvalue weighted by Gasteiger charge is -2.11. The third-order valence-corrected chi connectivity index (χ3v) is 3.83. The zero-order valence-electron chi connectivity index (χ0n) is 13.2. The van der Waals surface area contributed by atoms with Gasteiger partial charge in [0.2, 0.25) is 5.89 Å². The van der Waals surface area contributed by atoms with Crippen molar-refractivity contribution in [2.45, 2.75) is 6.10 Å². The van der Waals surface area contributed by atoms with Crippen molar-refractivity contribution in [3.63, 3.8) is 0 Å². The molecular formula is C18H18N2O3. The Kier molecular flexibility index (Phi) is 3.42. The van der Waals surface area contributed by atoms with Crippen LogP contribution in [0, 0.1) is 0 Å². The van der Waals surface area contributed by atoms with Gasteiger partial charge in [-0.2, -0.15) is 0 Å². The zero-order chi connectivity index (χ0) is 15.8. The van der Waals surface area contributed by atoms with E-state index in [0.29, 0.717) is 12.5 Å². The third kappa shape index (κ3) is 3.00. The lowest BCUT2D eigenvalue weighted by Crippen LogP contribution is -2.07. The molecule has 0 N–H and O–H groups in total. The van der Waals surface area contributed by atoms with E-state index in [2.05, 4.69) is 9.88 Å². The fourth-order valence-corrected chi connectivity index (χ4v) is 2.37. The first kappa shape index (κ1) is 14.1. The van der Waals surface area contributed by atoms with E-state index in [0.717, 1.165) is 34.7 Å². The first-order valence-corrected chi connectivity index (χ1v) is 7.62. The fourth-order valence-electron chi connectivity index (χ4n) is 2.37. The second-order valence-corrected chi connectivity index (χ2v) is 5.86. The molecule has 1 fully saturated rings. The van der Waals surface area contributed by atoms with Crippen molar-refractivity contribution in [3.05, 3.63) is 42.5 Å². The number of anilines is 1. The van der Waals surface area contributed by atoms with Crippen LogP contribution in [0.2, 0.25) is 0 Å². The molecule has 2 heterocycles. The van der Waals surface area contributed by atoms with Gasteiger partial charge in [-0.25, -0.2) is 4.98 Å². The Balaban J connectivity index is 1.59. The number of aromatic nitrogens is 1. The Hall–Kier alpha value is -2.53. The molecule has 1 unspecified atom stereocenters. The van der Waals surface area contributed by atoms with E-state index in [4.69, 9.17) is 13.9 Å². The van der Waals surface area contributed by atoms with E-state index in [9.17, 15) is 0 Å². The van der Waals surface area contributed by atoms with Crippen molar-refractivity contribution in [1.82, 2.24) is 4.98 Å². The summed E-state index contributed by atoms with van der Waals surface area (Å²) < 4.78 is 16.7. The summed E-state index contributed by atoms with van der Waals surface area (Å²) in [6, 6.07) is 13.8. The summed E-state index contributed by atoms with van der Waals surface area (Å²) in [7, 11) is 4.03. The first-order valence-electron chi connectivity index (χ1n) is 7.62. The SMILES string of the molecule is CN(C)c1ccc(-c2nc3ccc(OCC4CO4)cc3o2)cc1. The predicted molar refractivity (Wildman–Crippen MR) is 89.0 cm³/mol. The van der Waals surface area contributed by atoms with Crippen LogP contribution in [0.3, 0.4) is 0 Å². The van der Waals surface area contributed by atoms with E-state index >= 15 is 0 Å². The molecule has 2 aromatic carbocycles. The number of rotatable bonds is 5. The van der Waals surface area contributed by atoms with Gasteiger partial charge in [-0.1, -0.05) is 0 Å². The molecule has 5 nitrogen and oxygen atoms in total. The summed E-state index contributed by atoms with van der Waals surface area (Å²) >= 11 is 0. The molecular weight excluding hydrogens is 292 g/mol. The monoisotopic (exact) mass is 310 g/mol. The summed E-state index contributed by atoms with van der Waals surface area (Å²) in [4.78, 5) is 6.60. The molecule has 0 radical (unpaired) electrons. The smallest absolute Gasteiger partial charge is 0.227 e. The highest BCUT2D eigenvalue weighted by Crippen LogP contribution is 2.28. The summed E-state index contributed by atoms with van der Waals surface area (Å²) in [5.41, 5.74) is 3.65. The predicted octanol–water partition coefficient (Wildman–Crippen LogP) is 3.34. The maximum atomic E-state index is 5.88. The standard InChI is InChI=1S/C18H18N2O3/c1-20(2)13-5-3-12(4-6-13)18-19-16-8-7-14(9-17(16)23-18)21-10-15-11-22-15/h3-9,15H,10-11H2,1-2H3. The second kappa shape index (κ2) is 5.59. The van der Waals surface area contributed by atoms with E-state index in [-0.39, 0.29) is 6.10 Å². The van der Waals surface area contributed by atoms with Crippen LogP contribution in [0.25, 0.3) is 22.6 Å². The van der Waals surface area contributed by atoms with E-state index in [1.807, 2.05) is 56.6 Å². The Morgan fingerprint density at radius 3 is 2.65 bits per heavy atom. The number of hydrogen-bond acceptors (Lipinski definition) is 5. The number of nitrogens with zero attached hydrogens (tertiary/aromatic N) is 2. The molecule has 0 saturated carbocycles. The van der Waals surface area contributed by atoms with Gasteiger partial charge in [0.05, 0.1) is 6.61 Å². The molecule has 1 atom stereocenters. The number of hydrogen-bond donors (Lipinski definition) is 0. The van der Waals surface area contributed by atoms with Gasteiger partial charge in [-0.15, -0.1) is 0 Å². The van der Waals surface area contributed by atoms with Crippen molar-refractivity contribution in [2.24, 2.45) is 0 Å². The Bertz CT molecular complexity index is 820. The number of oxazole rings is 1. The van der Waals surface area contributed by atoms with Crippen LogP contribution in [-0.4, -0.2) is 38.4 Å². The number of fused-ring (bicyclic) bond motifs is 1. The molecule has 5 heteroatoms. The molecule has 1 aliphatic rings. The van der Waals surface area contributed by atoms with Crippen molar-refractivity contribution < 1.29 is 13.9 Å². The van der Waals surface area contributed by atoms with Crippen molar-refractivity contribution in [1.29, 1.82) is 0 Å². The van der Waals surface area contributed by atoms with Crippen LogP contribution < -0.4 is 9.64 Å². The van der Waals surface area contributed by atoms with Gasteiger partial charge < -0.3 is 18.8 Å². The largest absolute Gasteiger partial charge is 0.491 e. The van der Waals surface area contributed by atoms with Crippen LogP contribution in [0.1, 0.15) is 0 Å². The molecule has 1 aromatic heterocycles. The molecule has 0 bridgehead atoms. The number of ether oxygens (including phenoxy) is 2. The van der Waals surface area contributed by atoms with Gasteiger partial charge in [0.25, 0.3) is 0 Å². The molecule has 4 rings (SSSR count). The minimum absolute atomic E-state index is 0.242. The lowest BCUT2D eigenvalue weighted by atomic mass is 10.2. The summed E-state index contributed by atoms with van der Waals surface area (Å²) in [5.74, 6) is 1.40. The van der Waals surface area contributed by atoms with E-state index < -0.39 is 0 Å². The van der Waals surface area contributed by atoms with Crippen LogP contribution in [0.5, 0.6) is 5.75 Å². The van der Waals surface area contributed by atoms with Crippen molar-refractivity contribution >= 4 is 16.8 Å². The minimum Gasteiger partial charge on any atom is -0.491 e. The molecule has 0 amide bonds. The van der Waals surface area contributed by atoms with Gasteiger partial charge in [-0.05, 0) is 36.4 Å². The summed E-state index contributed by atoms with van der Waals surface area (Å²) in [5, 5.41) is 0. The Morgan fingerprint density at radius 1 is 1.17 bits per heavy atom. The van der Waals surface area contributed by atoms with Crippen molar-refractivity contribution in [3.8, 4) is 17.2 Å². The van der Waals surface area contributed by atoms with E-state index in [1.165, 1.54) is 0 Å². The summed E-state index contributed by atoms with van der Waals surface area (Å²) in [6.45, 7) is 1.37. The number of epoxide rings is 1. The quantitative estimate of drug-likeness (QED) is 0.677. The average Bonchev–Trinajstić information content (AvgIpc) is 3.30. The van der Waals surface area contributed by atoms with Crippen LogP contribution >= 0.6 is 0 Å². The van der Waals surface area contributed by atoms with Gasteiger partial charge >= 0.3 is 0 Å².